The number of hydrogen-bond acceptors (Lipinski definition) is 4. The Balaban J connectivity index is 2.02. The normalized spacial score (nSPS) is 12.0. The second kappa shape index (κ2) is 12.9. The molecule has 0 aromatic heterocycles. The molecule has 1 unspecified atom stereocenters. The van der Waals surface area contributed by atoms with Gasteiger partial charge in [0.2, 0.25) is 11.8 Å². The van der Waals surface area contributed by atoms with E-state index in [1.165, 1.54) is 29.2 Å². The third-order valence-electron chi connectivity index (χ3n) is 6.12. The van der Waals surface area contributed by atoms with Crippen molar-refractivity contribution in [3.63, 3.8) is 0 Å². The van der Waals surface area contributed by atoms with Crippen molar-refractivity contribution in [3.05, 3.63) is 94.5 Å². The molecule has 3 aromatic carbocycles. The van der Waals surface area contributed by atoms with E-state index in [0.717, 1.165) is 27.4 Å². The maximum atomic E-state index is 13.9. The second-order valence-corrected chi connectivity index (χ2v) is 11.6. The number of carbonyl (C=O) groups excluding carboxylic acids is 2. The highest BCUT2D eigenvalue weighted by Crippen LogP contribution is 2.26. The van der Waals surface area contributed by atoms with Gasteiger partial charge < -0.3 is 10.2 Å². The zero-order valence-corrected chi connectivity index (χ0v) is 23.7. The SMILES string of the molecule is CCCNC(=O)C(C)N(Cc1cccc(C)c1)C(=O)CN(c1cccc(C)c1)S(=O)(=O)c1ccc(Cl)cc1. The van der Waals surface area contributed by atoms with Gasteiger partial charge in [0, 0.05) is 18.1 Å². The van der Waals surface area contributed by atoms with E-state index in [1.807, 2.05) is 51.1 Å². The van der Waals surface area contributed by atoms with Crippen LogP contribution in [0.1, 0.15) is 37.0 Å². The van der Waals surface area contributed by atoms with E-state index >= 15 is 0 Å². The molecular formula is C29H34ClN3O4S. The minimum absolute atomic E-state index is 0.00942. The van der Waals surface area contributed by atoms with Crippen LogP contribution in [0, 0.1) is 13.8 Å². The highest BCUT2D eigenvalue weighted by molar-refractivity contribution is 7.92. The van der Waals surface area contributed by atoms with Crippen molar-refractivity contribution in [3.8, 4) is 0 Å². The Hall–Kier alpha value is -3.36. The molecule has 0 saturated heterocycles. The van der Waals surface area contributed by atoms with Crippen LogP contribution in [0.2, 0.25) is 5.02 Å². The standard InChI is InChI=1S/C29H34ClN3O4S/c1-5-16-31-29(35)23(4)32(19-24-10-6-8-21(2)17-24)28(34)20-33(26-11-7-9-22(3)18-26)38(36,37)27-14-12-25(30)13-15-27/h6-15,17-18,23H,5,16,19-20H2,1-4H3,(H,31,35). The van der Waals surface area contributed by atoms with Crippen molar-refractivity contribution in [2.75, 3.05) is 17.4 Å². The summed E-state index contributed by atoms with van der Waals surface area (Å²) in [6.45, 7) is 7.56. The highest BCUT2D eigenvalue weighted by Gasteiger charge is 2.32. The van der Waals surface area contributed by atoms with Crippen molar-refractivity contribution in [2.45, 2.75) is 51.6 Å². The molecule has 0 fully saturated rings. The number of carbonyl (C=O) groups is 2. The Bertz CT molecular complexity index is 1380. The Morgan fingerprint density at radius 2 is 1.58 bits per heavy atom. The second-order valence-electron chi connectivity index (χ2n) is 9.28. The van der Waals surface area contributed by atoms with Crippen LogP contribution in [-0.4, -0.2) is 44.3 Å². The van der Waals surface area contributed by atoms with E-state index in [0.29, 0.717) is 17.3 Å². The number of amides is 2. The van der Waals surface area contributed by atoms with Gasteiger partial charge in [-0.15, -0.1) is 0 Å². The molecule has 3 rings (SSSR count). The number of hydrogen-bond donors (Lipinski definition) is 1. The molecule has 0 heterocycles. The monoisotopic (exact) mass is 555 g/mol. The van der Waals surface area contributed by atoms with E-state index in [1.54, 1.807) is 25.1 Å². The van der Waals surface area contributed by atoms with Gasteiger partial charge in [0.05, 0.1) is 10.6 Å². The van der Waals surface area contributed by atoms with E-state index in [-0.39, 0.29) is 17.3 Å². The number of anilines is 1. The first-order valence-corrected chi connectivity index (χ1v) is 14.3. The summed E-state index contributed by atoms with van der Waals surface area (Å²) in [7, 11) is -4.13. The molecule has 0 aliphatic heterocycles. The summed E-state index contributed by atoms with van der Waals surface area (Å²) in [6, 6.07) is 19.6. The van der Waals surface area contributed by atoms with Gasteiger partial charge in [-0.05, 0) is 74.7 Å². The van der Waals surface area contributed by atoms with E-state index in [9.17, 15) is 18.0 Å². The zero-order chi connectivity index (χ0) is 27.9. The maximum absolute atomic E-state index is 13.9. The summed E-state index contributed by atoms with van der Waals surface area (Å²) in [6.07, 6.45) is 0.755. The average molecular weight is 556 g/mol. The number of halogens is 1. The van der Waals surface area contributed by atoms with Crippen molar-refractivity contribution < 1.29 is 18.0 Å². The molecule has 202 valence electrons. The Labute approximate surface area is 230 Å². The fourth-order valence-corrected chi connectivity index (χ4v) is 5.56. The Morgan fingerprint density at radius 3 is 2.18 bits per heavy atom. The van der Waals surface area contributed by atoms with Crippen molar-refractivity contribution in [1.29, 1.82) is 0 Å². The first kappa shape index (κ1) is 29.2. The van der Waals surface area contributed by atoms with Gasteiger partial charge in [-0.25, -0.2) is 8.42 Å². The average Bonchev–Trinajstić information content (AvgIpc) is 2.88. The molecule has 2 amide bonds. The third kappa shape index (κ3) is 7.36. The third-order valence-corrected chi connectivity index (χ3v) is 8.16. The predicted molar refractivity (Wildman–Crippen MR) is 152 cm³/mol. The quantitative estimate of drug-likeness (QED) is 0.357. The Kier molecular flexibility index (Phi) is 9.94. The van der Waals surface area contributed by atoms with Crippen LogP contribution in [0.3, 0.4) is 0 Å². The molecular weight excluding hydrogens is 522 g/mol. The van der Waals surface area contributed by atoms with Crippen molar-refractivity contribution in [1.82, 2.24) is 10.2 Å². The van der Waals surface area contributed by atoms with Gasteiger partial charge in [-0.3, -0.25) is 13.9 Å². The number of nitrogens with one attached hydrogen (secondary N) is 1. The molecule has 3 aromatic rings. The minimum atomic E-state index is -4.13. The number of rotatable bonds is 11. The van der Waals surface area contributed by atoms with Crippen LogP contribution in [0.15, 0.2) is 77.7 Å². The van der Waals surface area contributed by atoms with Crippen molar-refractivity contribution in [2.24, 2.45) is 0 Å². The number of aryl methyl sites for hydroxylation is 2. The van der Waals surface area contributed by atoms with Gasteiger partial charge in [0.1, 0.15) is 12.6 Å². The fourth-order valence-electron chi connectivity index (χ4n) is 4.03. The molecule has 0 aliphatic carbocycles. The topological polar surface area (TPSA) is 86.8 Å². The highest BCUT2D eigenvalue weighted by atomic mass is 35.5. The number of sulfonamides is 1. The lowest BCUT2D eigenvalue weighted by molar-refractivity contribution is -0.139. The number of nitrogens with zero attached hydrogens (tertiary/aromatic N) is 2. The van der Waals surface area contributed by atoms with Crippen LogP contribution in [0.4, 0.5) is 5.69 Å². The lowest BCUT2D eigenvalue weighted by atomic mass is 10.1. The Morgan fingerprint density at radius 1 is 0.947 bits per heavy atom. The summed E-state index contributed by atoms with van der Waals surface area (Å²) in [4.78, 5) is 28.2. The minimum Gasteiger partial charge on any atom is -0.354 e. The molecule has 0 bridgehead atoms. The van der Waals surface area contributed by atoms with Crippen LogP contribution < -0.4 is 9.62 Å². The zero-order valence-electron chi connectivity index (χ0n) is 22.1. The van der Waals surface area contributed by atoms with E-state index < -0.39 is 28.5 Å². The summed E-state index contributed by atoms with van der Waals surface area (Å²) in [5.74, 6) is -0.791. The smallest absolute Gasteiger partial charge is 0.264 e. The lowest BCUT2D eigenvalue weighted by Gasteiger charge is -2.32. The summed E-state index contributed by atoms with van der Waals surface area (Å²) < 4.78 is 28.7. The molecule has 0 aliphatic rings. The van der Waals surface area contributed by atoms with Gasteiger partial charge in [-0.1, -0.05) is 60.5 Å². The largest absolute Gasteiger partial charge is 0.354 e. The molecule has 9 heteroatoms. The van der Waals surface area contributed by atoms with Crippen LogP contribution in [-0.2, 0) is 26.2 Å². The summed E-state index contributed by atoms with van der Waals surface area (Å²) in [5, 5.41) is 3.24. The van der Waals surface area contributed by atoms with Crippen LogP contribution >= 0.6 is 11.6 Å². The molecule has 0 spiro atoms. The first-order valence-electron chi connectivity index (χ1n) is 12.5. The fraction of sp³-hybridized carbons (Fsp3) is 0.310. The van der Waals surface area contributed by atoms with Crippen molar-refractivity contribution >= 4 is 39.1 Å². The maximum Gasteiger partial charge on any atom is 0.264 e. The molecule has 0 saturated carbocycles. The number of benzene rings is 3. The molecule has 7 nitrogen and oxygen atoms in total. The summed E-state index contributed by atoms with van der Waals surface area (Å²) >= 11 is 5.99. The predicted octanol–water partition coefficient (Wildman–Crippen LogP) is 5.10. The van der Waals surface area contributed by atoms with Crippen LogP contribution in [0.25, 0.3) is 0 Å². The van der Waals surface area contributed by atoms with Gasteiger partial charge in [-0.2, -0.15) is 0 Å². The van der Waals surface area contributed by atoms with Crippen LogP contribution in [0.5, 0.6) is 0 Å². The molecule has 38 heavy (non-hydrogen) atoms. The van der Waals surface area contributed by atoms with Gasteiger partial charge in [0.15, 0.2) is 0 Å². The summed E-state index contributed by atoms with van der Waals surface area (Å²) in [5.41, 5.74) is 3.06. The molecule has 1 atom stereocenters. The first-order chi connectivity index (χ1) is 18.0. The molecule has 1 N–H and O–H groups in total. The van der Waals surface area contributed by atoms with Gasteiger partial charge >= 0.3 is 0 Å². The van der Waals surface area contributed by atoms with Gasteiger partial charge in [0.25, 0.3) is 10.0 Å². The van der Waals surface area contributed by atoms with E-state index in [2.05, 4.69) is 5.32 Å². The lowest BCUT2D eigenvalue weighted by Crippen LogP contribution is -2.51. The van der Waals surface area contributed by atoms with E-state index in [4.69, 9.17) is 11.6 Å². The molecule has 0 radical (unpaired) electrons.